The van der Waals surface area contributed by atoms with Crippen molar-refractivity contribution < 1.29 is 4.79 Å². The van der Waals surface area contributed by atoms with Gasteiger partial charge in [0.05, 0.1) is 19.6 Å². The van der Waals surface area contributed by atoms with Gasteiger partial charge in [-0.2, -0.15) is 0 Å². The van der Waals surface area contributed by atoms with Gasteiger partial charge in [-0.15, -0.1) is 24.5 Å². The molecule has 0 saturated carbocycles. The van der Waals surface area contributed by atoms with E-state index in [1.165, 1.54) is 28.4 Å². The van der Waals surface area contributed by atoms with Crippen LogP contribution in [0.25, 0.3) is 0 Å². The van der Waals surface area contributed by atoms with E-state index >= 15 is 0 Å². The minimum atomic E-state index is -0.835. The van der Waals surface area contributed by atoms with Gasteiger partial charge in [-0.25, -0.2) is 28.1 Å². The molecule has 2 aromatic rings. The second kappa shape index (κ2) is 8.43. The highest BCUT2D eigenvalue weighted by Gasteiger charge is 2.18. The van der Waals surface area contributed by atoms with Crippen molar-refractivity contribution in [2.45, 2.75) is 26.2 Å². The second-order valence-corrected chi connectivity index (χ2v) is 6.59. The molecule has 9 heteroatoms. The molecule has 138 valence electrons. The number of rotatable bonds is 8. The van der Waals surface area contributed by atoms with E-state index in [4.69, 9.17) is 0 Å². The van der Waals surface area contributed by atoms with E-state index in [1.807, 2.05) is 17.5 Å². The standard InChI is InChI=1S/C17H20N4O4S/c1-4-8-19-15(23)20(9-5-2)17(25)21(16(19)24)12-14(22)18(3)11-13-7-6-10-26-13/h4-7,10H,1-2,8-9,11-12H2,3H3. The summed E-state index contributed by atoms with van der Waals surface area (Å²) in [4.78, 5) is 52.2. The molecular weight excluding hydrogens is 356 g/mol. The van der Waals surface area contributed by atoms with Crippen LogP contribution < -0.4 is 17.1 Å². The van der Waals surface area contributed by atoms with Crippen LogP contribution >= 0.6 is 11.3 Å². The van der Waals surface area contributed by atoms with Gasteiger partial charge in [-0.3, -0.25) is 4.79 Å². The molecule has 0 N–H and O–H groups in total. The first-order chi connectivity index (χ1) is 12.4. The lowest BCUT2D eigenvalue weighted by Crippen LogP contribution is -2.55. The molecule has 0 atom stereocenters. The van der Waals surface area contributed by atoms with Gasteiger partial charge in [0.2, 0.25) is 5.91 Å². The summed E-state index contributed by atoms with van der Waals surface area (Å²) in [6.07, 6.45) is 2.75. The van der Waals surface area contributed by atoms with Crippen LogP contribution in [0.5, 0.6) is 0 Å². The molecule has 8 nitrogen and oxygen atoms in total. The van der Waals surface area contributed by atoms with E-state index in [9.17, 15) is 19.2 Å². The largest absolute Gasteiger partial charge is 0.339 e. The summed E-state index contributed by atoms with van der Waals surface area (Å²) in [6, 6.07) is 3.77. The van der Waals surface area contributed by atoms with E-state index in [0.717, 1.165) is 18.6 Å². The molecule has 0 saturated heterocycles. The third kappa shape index (κ3) is 3.99. The smallest absolute Gasteiger partial charge is 0.337 e. The van der Waals surface area contributed by atoms with Gasteiger partial charge < -0.3 is 4.90 Å². The zero-order valence-corrected chi connectivity index (χ0v) is 15.3. The quantitative estimate of drug-likeness (QED) is 0.619. The molecule has 0 bridgehead atoms. The average Bonchev–Trinajstić information content (AvgIpc) is 3.12. The number of hydrogen-bond donors (Lipinski definition) is 0. The molecule has 0 radical (unpaired) electrons. The minimum absolute atomic E-state index is 0.0612. The first-order valence-electron chi connectivity index (χ1n) is 7.83. The molecule has 0 aromatic carbocycles. The predicted molar refractivity (Wildman–Crippen MR) is 100 cm³/mol. The van der Waals surface area contributed by atoms with Crippen molar-refractivity contribution >= 4 is 17.2 Å². The maximum atomic E-state index is 12.5. The fourth-order valence-electron chi connectivity index (χ4n) is 2.37. The summed E-state index contributed by atoms with van der Waals surface area (Å²) in [7, 11) is 1.59. The summed E-state index contributed by atoms with van der Waals surface area (Å²) in [5.41, 5.74) is -2.42. The number of aromatic nitrogens is 3. The summed E-state index contributed by atoms with van der Waals surface area (Å²) in [6.45, 7) is 6.82. The number of amides is 1. The van der Waals surface area contributed by atoms with Crippen LogP contribution in [-0.2, 0) is 31.0 Å². The zero-order chi connectivity index (χ0) is 19.3. The Balaban J connectivity index is 2.41. The molecule has 2 rings (SSSR count). The molecule has 26 heavy (non-hydrogen) atoms. The number of likely N-dealkylation sites (N-methyl/N-ethyl adjacent to an activating group) is 1. The molecule has 0 aliphatic rings. The van der Waals surface area contributed by atoms with Crippen LogP contribution in [0, 0.1) is 0 Å². The first-order valence-corrected chi connectivity index (χ1v) is 8.71. The van der Waals surface area contributed by atoms with E-state index < -0.39 is 29.5 Å². The molecule has 2 heterocycles. The Morgan fingerprint density at radius 2 is 1.62 bits per heavy atom. The van der Waals surface area contributed by atoms with Crippen molar-refractivity contribution in [1.29, 1.82) is 0 Å². The molecule has 0 unspecified atom stereocenters. The molecule has 0 aliphatic heterocycles. The second-order valence-electron chi connectivity index (χ2n) is 5.56. The molecule has 1 amide bonds. The fraction of sp³-hybridized carbons (Fsp3) is 0.294. The third-order valence-corrected chi connectivity index (χ3v) is 4.56. The van der Waals surface area contributed by atoms with Gasteiger partial charge in [-0.1, -0.05) is 18.2 Å². The topological polar surface area (TPSA) is 86.3 Å². The highest BCUT2D eigenvalue weighted by atomic mass is 32.1. The van der Waals surface area contributed by atoms with Crippen molar-refractivity contribution in [3.05, 3.63) is 79.2 Å². The summed E-state index contributed by atoms with van der Waals surface area (Å²) >= 11 is 1.51. The number of carbonyl (C=O) groups is 1. The lowest BCUT2D eigenvalue weighted by molar-refractivity contribution is -0.131. The zero-order valence-electron chi connectivity index (χ0n) is 14.5. The predicted octanol–water partition coefficient (Wildman–Crippen LogP) is 0.264. The van der Waals surface area contributed by atoms with Crippen molar-refractivity contribution in [2.24, 2.45) is 0 Å². The number of carbonyl (C=O) groups excluding carboxylic acids is 1. The highest BCUT2D eigenvalue weighted by Crippen LogP contribution is 2.10. The van der Waals surface area contributed by atoms with Crippen molar-refractivity contribution in [3.63, 3.8) is 0 Å². The first kappa shape index (κ1) is 19.4. The van der Waals surface area contributed by atoms with Gasteiger partial charge in [0.15, 0.2) is 0 Å². The van der Waals surface area contributed by atoms with Crippen LogP contribution in [0.3, 0.4) is 0 Å². The number of allylic oxidation sites excluding steroid dienone is 2. The SMILES string of the molecule is C=CCn1c(=O)n(CC=C)c(=O)n(CC(=O)N(C)Cc2cccs2)c1=O. The summed E-state index contributed by atoms with van der Waals surface area (Å²) in [5.74, 6) is -0.411. The molecule has 0 fully saturated rings. The van der Waals surface area contributed by atoms with E-state index in [1.54, 1.807) is 7.05 Å². The summed E-state index contributed by atoms with van der Waals surface area (Å²) in [5, 5.41) is 1.90. The number of nitrogens with zero attached hydrogens (tertiary/aromatic N) is 4. The highest BCUT2D eigenvalue weighted by molar-refractivity contribution is 7.09. The lowest BCUT2D eigenvalue weighted by Gasteiger charge is -2.17. The van der Waals surface area contributed by atoms with Crippen LogP contribution in [0.15, 0.2) is 57.2 Å². The Bertz CT molecular complexity index is 933. The Hall–Kier alpha value is -2.94. The van der Waals surface area contributed by atoms with Crippen molar-refractivity contribution in [3.8, 4) is 0 Å². The molecule has 0 spiro atoms. The number of hydrogen-bond acceptors (Lipinski definition) is 5. The maximum absolute atomic E-state index is 12.5. The van der Waals surface area contributed by atoms with Crippen LogP contribution in [-0.4, -0.2) is 31.6 Å². The Morgan fingerprint density at radius 1 is 1.08 bits per heavy atom. The molecule has 0 aliphatic carbocycles. The maximum Gasteiger partial charge on any atom is 0.337 e. The Morgan fingerprint density at radius 3 is 2.08 bits per heavy atom. The van der Waals surface area contributed by atoms with Crippen molar-refractivity contribution in [1.82, 2.24) is 18.6 Å². The normalized spacial score (nSPS) is 10.5. The number of thiophene rings is 1. The van der Waals surface area contributed by atoms with E-state index in [2.05, 4.69) is 13.2 Å². The Labute approximate surface area is 153 Å². The van der Waals surface area contributed by atoms with Gasteiger partial charge in [0.25, 0.3) is 0 Å². The lowest BCUT2D eigenvalue weighted by atomic mass is 10.4. The van der Waals surface area contributed by atoms with Gasteiger partial charge >= 0.3 is 17.1 Å². The minimum Gasteiger partial charge on any atom is -0.339 e. The van der Waals surface area contributed by atoms with Crippen molar-refractivity contribution in [2.75, 3.05) is 7.05 Å². The fourth-order valence-corrected chi connectivity index (χ4v) is 3.13. The van der Waals surface area contributed by atoms with E-state index in [-0.39, 0.29) is 13.1 Å². The molecule has 2 aromatic heterocycles. The van der Waals surface area contributed by atoms with Crippen LogP contribution in [0.4, 0.5) is 0 Å². The van der Waals surface area contributed by atoms with Gasteiger partial charge in [0.1, 0.15) is 6.54 Å². The molecular formula is C17H20N4O4S. The Kier molecular flexibility index (Phi) is 6.29. The summed E-state index contributed by atoms with van der Waals surface area (Å²) < 4.78 is 2.50. The van der Waals surface area contributed by atoms with Gasteiger partial charge in [-0.05, 0) is 11.4 Å². The van der Waals surface area contributed by atoms with Gasteiger partial charge in [0, 0.05) is 11.9 Å². The van der Waals surface area contributed by atoms with Crippen LogP contribution in [0.1, 0.15) is 4.88 Å². The third-order valence-electron chi connectivity index (χ3n) is 3.70. The average molecular weight is 376 g/mol. The van der Waals surface area contributed by atoms with Crippen LogP contribution in [0.2, 0.25) is 0 Å². The van der Waals surface area contributed by atoms with E-state index in [0.29, 0.717) is 6.54 Å². The monoisotopic (exact) mass is 376 g/mol.